The molecule has 0 aromatic heterocycles. The van der Waals surface area contributed by atoms with Crippen LogP contribution in [0.5, 0.6) is 5.75 Å². The van der Waals surface area contributed by atoms with Crippen LogP contribution in [0.15, 0.2) is 64.4 Å². The minimum absolute atomic E-state index is 0.0263. The van der Waals surface area contributed by atoms with Crippen LogP contribution >= 0.6 is 0 Å². The molecule has 4 aliphatic rings. The SMILES string of the molecule is COc1cc2c(cc1S(=O)(=O)c1ccccc1)[C@H]1CC[C@]3(C)[C@@]4(OC(C)=O)C=C[C@]3(CC4)[C@@H]1CC2. The molecule has 0 unspecified atom stereocenters. The number of benzene rings is 2. The van der Waals surface area contributed by atoms with E-state index >= 15 is 0 Å². The molecule has 2 saturated carbocycles. The fraction of sp³-hybridized carbons (Fsp3) is 0.483. The van der Waals surface area contributed by atoms with Gasteiger partial charge in [0.05, 0.1) is 12.0 Å². The first-order valence-corrected chi connectivity index (χ1v) is 14.1. The van der Waals surface area contributed by atoms with Crippen LogP contribution in [0.25, 0.3) is 0 Å². The second kappa shape index (κ2) is 7.45. The Morgan fingerprint density at radius 3 is 2.46 bits per heavy atom. The van der Waals surface area contributed by atoms with E-state index in [0.717, 1.165) is 44.1 Å². The summed E-state index contributed by atoms with van der Waals surface area (Å²) in [7, 11) is -2.17. The van der Waals surface area contributed by atoms with Crippen LogP contribution in [0, 0.1) is 16.7 Å². The molecule has 4 aliphatic carbocycles. The Morgan fingerprint density at radius 2 is 1.80 bits per heavy atom. The molecular formula is C29H32O5S. The lowest BCUT2D eigenvalue weighted by atomic mass is 9.48. The summed E-state index contributed by atoms with van der Waals surface area (Å²) in [5, 5.41) is 0. The molecule has 6 heteroatoms. The standard InChI is InChI=1S/C29H32O5S/c1-19(30)34-29-15-13-28(14-16-29)24-10-9-20-17-25(33-3)26(35(31,32)21-7-5-4-6-8-21)18-23(20)22(24)11-12-27(28,29)2/h4-8,13,15,17-18,22,24H,9-12,14,16H2,1-3H3/t22-,24-,27+,28+,29-/m1/s1. The van der Waals surface area contributed by atoms with Gasteiger partial charge in [0, 0.05) is 17.8 Å². The van der Waals surface area contributed by atoms with Gasteiger partial charge in [-0.05, 0) is 91.8 Å². The Kier molecular flexibility index (Phi) is 4.86. The van der Waals surface area contributed by atoms with Gasteiger partial charge in [0.25, 0.3) is 0 Å². The van der Waals surface area contributed by atoms with Gasteiger partial charge in [-0.3, -0.25) is 4.79 Å². The van der Waals surface area contributed by atoms with E-state index in [2.05, 4.69) is 19.1 Å². The molecule has 0 saturated heterocycles. The second-order valence-corrected chi connectivity index (χ2v) is 12.9. The maximum Gasteiger partial charge on any atom is 0.303 e. The molecule has 0 heterocycles. The lowest BCUT2D eigenvalue weighted by molar-refractivity contribution is -0.168. The molecule has 2 aromatic rings. The zero-order chi connectivity index (χ0) is 24.6. The summed E-state index contributed by atoms with van der Waals surface area (Å²) in [6.45, 7) is 3.82. The van der Waals surface area contributed by atoms with E-state index in [1.54, 1.807) is 31.4 Å². The van der Waals surface area contributed by atoms with E-state index in [9.17, 15) is 13.2 Å². The van der Waals surface area contributed by atoms with Crippen molar-refractivity contribution in [3.63, 3.8) is 0 Å². The molecule has 0 radical (unpaired) electrons. The quantitative estimate of drug-likeness (QED) is 0.409. The van der Waals surface area contributed by atoms with Gasteiger partial charge < -0.3 is 9.47 Å². The van der Waals surface area contributed by atoms with E-state index < -0.39 is 15.4 Å². The summed E-state index contributed by atoms with van der Waals surface area (Å²) < 4.78 is 38.9. The van der Waals surface area contributed by atoms with Crippen LogP contribution in [0.2, 0.25) is 0 Å². The summed E-state index contributed by atoms with van der Waals surface area (Å²) in [6, 6.07) is 12.4. The Hall–Kier alpha value is -2.60. The number of esters is 1. The first kappa shape index (κ1) is 22.8. The number of rotatable bonds is 4. The van der Waals surface area contributed by atoms with Crippen molar-refractivity contribution in [3.05, 3.63) is 65.7 Å². The van der Waals surface area contributed by atoms with Gasteiger partial charge in [-0.2, -0.15) is 0 Å². The van der Waals surface area contributed by atoms with Gasteiger partial charge in [0.1, 0.15) is 16.2 Å². The Labute approximate surface area is 207 Å². The Bertz CT molecular complexity index is 1350. The summed E-state index contributed by atoms with van der Waals surface area (Å²) in [4.78, 5) is 12.6. The smallest absolute Gasteiger partial charge is 0.303 e. The largest absolute Gasteiger partial charge is 0.495 e. The highest BCUT2D eigenvalue weighted by Gasteiger charge is 2.73. The molecule has 2 aromatic carbocycles. The number of ether oxygens (including phenoxy) is 2. The summed E-state index contributed by atoms with van der Waals surface area (Å²) in [5.74, 6) is 0.872. The Morgan fingerprint density at radius 1 is 1.03 bits per heavy atom. The average Bonchev–Trinajstić information content (AvgIpc) is 3.25. The van der Waals surface area contributed by atoms with Crippen LogP contribution in [-0.4, -0.2) is 27.1 Å². The van der Waals surface area contributed by atoms with Crippen molar-refractivity contribution in [2.24, 2.45) is 16.7 Å². The van der Waals surface area contributed by atoms with Crippen LogP contribution in [0.3, 0.4) is 0 Å². The molecule has 35 heavy (non-hydrogen) atoms. The van der Waals surface area contributed by atoms with Gasteiger partial charge in [-0.1, -0.05) is 31.2 Å². The molecule has 0 aliphatic heterocycles. The summed E-state index contributed by atoms with van der Waals surface area (Å²) in [5.41, 5.74) is 1.70. The average molecular weight is 493 g/mol. The predicted octanol–water partition coefficient (Wildman–Crippen LogP) is 5.63. The van der Waals surface area contributed by atoms with Gasteiger partial charge in [-0.15, -0.1) is 0 Å². The van der Waals surface area contributed by atoms with Gasteiger partial charge >= 0.3 is 5.97 Å². The number of sulfone groups is 1. The molecule has 0 spiro atoms. The third kappa shape index (κ3) is 2.86. The number of hydrogen-bond donors (Lipinski definition) is 0. The van der Waals surface area contributed by atoms with Crippen molar-refractivity contribution in [2.75, 3.05) is 7.11 Å². The van der Waals surface area contributed by atoms with Gasteiger partial charge in [-0.25, -0.2) is 8.42 Å². The summed E-state index contributed by atoms with van der Waals surface area (Å²) in [6.07, 6.45) is 10.2. The Balaban J connectivity index is 1.44. The minimum atomic E-state index is -3.71. The first-order chi connectivity index (χ1) is 16.7. The number of aryl methyl sites for hydroxylation is 1. The highest BCUT2D eigenvalue weighted by Crippen LogP contribution is 2.75. The molecule has 0 N–H and O–H groups in total. The zero-order valence-electron chi connectivity index (χ0n) is 20.5. The number of carbonyl (C=O) groups excluding carboxylic acids is 1. The summed E-state index contributed by atoms with van der Waals surface area (Å²) >= 11 is 0. The van der Waals surface area contributed by atoms with E-state index in [4.69, 9.17) is 9.47 Å². The number of carbonyl (C=O) groups is 1. The van der Waals surface area contributed by atoms with Crippen molar-refractivity contribution in [3.8, 4) is 5.75 Å². The normalized spacial score (nSPS) is 34.6. The number of fused-ring (bicyclic) bond motifs is 3. The predicted molar refractivity (Wildman–Crippen MR) is 132 cm³/mol. The van der Waals surface area contributed by atoms with Crippen molar-refractivity contribution >= 4 is 15.8 Å². The molecule has 2 bridgehead atoms. The van der Waals surface area contributed by atoms with Crippen LogP contribution in [0.4, 0.5) is 0 Å². The van der Waals surface area contributed by atoms with Crippen molar-refractivity contribution in [2.45, 2.75) is 73.7 Å². The lowest BCUT2D eigenvalue weighted by Gasteiger charge is -2.56. The van der Waals surface area contributed by atoms with Crippen LogP contribution in [-0.2, 0) is 25.8 Å². The monoisotopic (exact) mass is 492 g/mol. The molecule has 6 rings (SSSR count). The maximum atomic E-state index is 13.6. The third-order valence-electron chi connectivity index (χ3n) is 9.84. The maximum absolute atomic E-state index is 13.6. The van der Waals surface area contributed by atoms with Crippen molar-refractivity contribution in [1.82, 2.24) is 0 Å². The van der Waals surface area contributed by atoms with Crippen molar-refractivity contribution < 1.29 is 22.7 Å². The van der Waals surface area contributed by atoms with Gasteiger partial charge in [0.2, 0.25) is 9.84 Å². The molecule has 5 nitrogen and oxygen atoms in total. The lowest BCUT2D eigenvalue weighted by Crippen LogP contribution is -2.53. The molecular weight excluding hydrogens is 460 g/mol. The zero-order valence-corrected chi connectivity index (χ0v) is 21.4. The molecule has 5 atom stereocenters. The minimum Gasteiger partial charge on any atom is -0.495 e. The number of allylic oxidation sites excluding steroid dienone is 1. The highest BCUT2D eigenvalue weighted by atomic mass is 32.2. The number of hydrogen-bond acceptors (Lipinski definition) is 5. The van der Waals surface area contributed by atoms with E-state index in [0.29, 0.717) is 11.7 Å². The fourth-order valence-corrected chi connectivity index (χ4v) is 9.65. The van der Waals surface area contributed by atoms with E-state index in [1.807, 2.05) is 18.2 Å². The van der Waals surface area contributed by atoms with E-state index in [-0.39, 0.29) is 32.5 Å². The van der Waals surface area contributed by atoms with Gasteiger partial charge in [0.15, 0.2) is 0 Å². The first-order valence-electron chi connectivity index (χ1n) is 12.6. The van der Waals surface area contributed by atoms with Crippen LogP contribution < -0.4 is 4.74 Å². The molecule has 0 amide bonds. The molecule has 2 fully saturated rings. The van der Waals surface area contributed by atoms with Crippen molar-refractivity contribution in [1.29, 1.82) is 0 Å². The topological polar surface area (TPSA) is 69.7 Å². The fourth-order valence-electron chi connectivity index (χ4n) is 8.19. The van der Waals surface area contributed by atoms with E-state index in [1.165, 1.54) is 12.5 Å². The van der Waals surface area contributed by atoms with Crippen LogP contribution in [0.1, 0.15) is 63.0 Å². The molecule has 184 valence electrons. The number of methoxy groups -OCH3 is 1. The third-order valence-corrected chi connectivity index (χ3v) is 11.6. The second-order valence-electron chi connectivity index (χ2n) is 11.0. The highest BCUT2D eigenvalue weighted by molar-refractivity contribution is 7.91.